The number of alkyl halides is 1. The summed E-state index contributed by atoms with van der Waals surface area (Å²) in [6.45, 7) is 3.27. The van der Waals surface area contributed by atoms with Gasteiger partial charge in [0.05, 0.1) is 22.7 Å². The number of nitrogens with zero attached hydrogens (tertiary/aromatic N) is 4. The molecule has 0 spiro atoms. The van der Waals surface area contributed by atoms with Crippen molar-refractivity contribution in [3.05, 3.63) is 48.6 Å². The summed E-state index contributed by atoms with van der Waals surface area (Å²) < 4.78 is 17.4. The first kappa shape index (κ1) is 13.1. The summed E-state index contributed by atoms with van der Waals surface area (Å²) in [4.78, 5) is 8.50. The first-order chi connectivity index (χ1) is 9.65. The lowest BCUT2D eigenvalue weighted by molar-refractivity contribution is 0.568. The summed E-state index contributed by atoms with van der Waals surface area (Å²) in [5.41, 5.74) is 1.53. The minimum atomic E-state index is -0.268. The predicted molar refractivity (Wildman–Crippen MR) is 76.2 cm³/mol. The summed E-state index contributed by atoms with van der Waals surface area (Å²) >= 11 is 6.18. The average molecular weight is 293 g/mol. The molecule has 1 atom stereocenters. The number of aromatic nitrogens is 4. The van der Waals surface area contributed by atoms with E-state index in [9.17, 15) is 4.39 Å². The highest BCUT2D eigenvalue weighted by atomic mass is 35.5. The number of fused-ring (bicyclic) bond motifs is 1. The molecule has 0 amide bonds. The van der Waals surface area contributed by atoms with Crippen LogP contribution in [0, 0.1) is 5.82 Å². The zero-order valence-electron chi connectivity index (χ0n) is 11.0. The van der Waals surface area contributed by atoms with E-state index in [2.05, 4.69) is 9.97 Å². The molecule has 0 aliphatic carbocycles. The molecule has 0 saturated heterocycles. The lowest BCUT2D eigenvalue weighted by Gasteiger charge is -2.11. The summed E-state index contributed by atoms with van der Waals surface area (Å²) in [7, 11) is 0. The van der Waals surface area contributed by atoms with E-state index in [1.54, 1.807) is 18.6 Å². The second-order valence-corrected chi connectivity index (χ2v) is 5.33. The smallest absolute Gasteiger partial charge is 0.127 e. The second-order valence-electron chi connectivity index (χ2n) is 4.67. The Kier molecular flexibility index (Phi) is 3.44. The van der Waals surface area contributed by atoms with E-state index >= 15 is 0 Å². The lowest BCUT2D eigenvalue weighted by Crippen LogP contribution is -2.09. The van der Waals surface area contributed by atoms with E-state index in [1.807, 2.05) is 22.3 Å². The summed E-state index contributed by atoms with van der Waals surface area (Å²) in [5, 5.41) is -0.228. The van der Waals surface area contributed by atoms with Crippen molar-refractivity contribution in [1.82, 2.24) is 19.1 Å². The van der Waals surface area contributed by atoms with Gasteiger partial charge in [0.1, 0.15) is 11.6 Å². The SMILES string of the molecule is CC(Cl)c1nc2ccc(F)cc2n1CCn1ccnc1. The third kappa shape index (κ3) is 2.41. The summed E-state index contributed by atoms with van der Waals surface area (Å²) in [6.07, 6.45) is 5.38. The van der Waals surface area contributed by atoms with Crippen LogP contribution in [0.5, 0.6) is 0 Å². The van der Waals surface area contributed by atoms with Gasteiger partial charge in [-0.05, 0) is 25.1 Å². The summed E-state index contributed by atoms with van der Waals surface area (Å²) in [5.74, 6) is 0.488. The Hall–Kier alpha value is -1.88. The molecule has 4 nitrogen and oxygen atoms in total. The van der Waals surface area contributed by atoms with E-state index in [0.29, 0.717) is 6.54 Å². The molecule has 2 heterocycles. The van der Waals surface area contributed by atoms with Gasteiger partial charge in [-0.2, -0.15) is 0 Å². The molecular weight excluding hydrogens is 279 g/mol. The van der Waals surface area contributed by atoms with Gasteiger partial charge in [0, 0.05) is 25.5 Å². The molecule has 2 aromatic heterocycles. The van der Waals surface area contributed by atoms with Gasteiger partial charge in [-0.1, -0.05) is 0 Å². The molecule has 0 N–H and O–H groups in total. The number of halogens is 2. The molecule has 0 radical (unpaired) electrons. The maximum Gasteiger partial charge on any atom is 0.127 e. The van der Waals surface area contributed by atoms with Gasteiger partial charge in [0.25, 0.3) is 0 Å². The first-order valence-corrected chi connectivity index (χ1v) is 6.84. The molecule has 1 unspecified atom stereocenters. The van der Waals surface area contributed by atoms with Crippen molar-refractivity contribution in [2.45, 2.75) is 25.4 Å². The fraction of sp³-hybridized carbons (Fsp3) is 0.286. The van der Waals surface area contributed by atoms with Crippen molar-refractivity contribution >= 4 is 22.6 Å². The van der Waals surface area contributed by atoms with Crippen LogP contribution in [0.15, 0.2) is 36.9 Å². The summed E-state index contributed by atoms with van der Waals surface area (Å²) in [6, 6.07) is 4.60. The maximum atomic E-state index is 13.5. The standard InChI is InChI=1S/C14H14ClFN4/c1-10(15)14-18-12-3-2-11(16)8-13(12)20(14)7-6-19-5-4-17-9-19/h2-5,8-10H,6-7H2,1H3. The normalized spacial score (nSPS) is 12.9. The monoisotopic (exact) mass is 292 g/mol. The number of hydrogen-bond acceptors (Lipinski definition) is 2. The molecule has 3 rings (SSSR count). The third-order valence-electron chi connectivity index (χ3n) is 3.24. The van der Waals surface area contributed by atoms with Gasteiger partial charge in [-0.15, -0.1) is 11.6 Å². The van der Waals surface area contributed by atoms with Gasteiger partial charge >= 0.3 is 0 Å². The van der Waals surface area contributed by atoms with Crippen LogP contribution in [0.2, 0.25) is 0 Å². The molecule has 0 aliphatic rings. The Bertz CT molecular complexity index is 718. The number of aryl methyl sites for hydroxylation is 2. The molecule has 6 heteroatoms. The molecular formula is C14H14ClFN4. The molecule has 104 valence electrons. The Morgan fingerprint density at radius 1 is 1.35 bits per heavy atom. The molecule has 0 fully saturated rings. The Morgan fingerprint density at radius 3 is 2.90 bits per heavy atom. The van der Waals surface area contributed by atoms with Crippen molar-refractivity contribution in [3.63, 3.8) is 0 Å². The molecule has 0 saturated carbocycles. The predicted octanol–water partition coefficient (Wildman–Crippen LogP) is 3.37. The van der Waals surface area contributed by atoms with Gasteiger partial charge in [-0.25, -0.2) is 14.4 Å². The van der Waals surface area contributed by atoms with E-state index < -0.39 is 0 Å². The van der Waals surface area contributed by atoms with E-state index in [4.69, 9.17) is 11.6 Å². The number of rotatable bonds is 4. The number of imidazole rings is 2. The topological polar surface area (TPSA) is 35.6 Å². The Morgan fingerprint density at radius 2 is 2.20 bits per heavy atom. The van der Waals surface area contributed by atoms with Crippen LogP contribution in [0.1, 0.15) is 18.1 Å². The average Bonchev–Trinajstić information content (AvgIpc) is 3.03. The largest absolute Gasteiger partial charge is 0.336 e. The van der Waals surface area contributed by atoms with Gasteiger partial charge in [0.15, 0.2) is 0 Å². The van der Waals surface area contributed by atoms with Crippen LogP contribution in [-0.2, 0) is 13.1 Å². The first-order valence-electron chi connectivity index (χ1n) is 6.40. The Labute approximate surface area is 120 Å². The number of hydrogen-bond donors (Lipinski definition) is 0. The molecule has 3 aromatic rings. The quantitative estimate of drug-likeness (QED) is 0.691. The molecule has 0 bridgehead atoms. The minimum Gasteiger partial charge on any atom is -0.336 e. The van der Waals surface area contributed by atoms with Crippen LogP contribution < -0.4 is 0 Å². The highest BCUT2D eigenvalue weighted by Gasteiger charge is 2.15. The second kappa shape index (κ2) is 5.25. The third-order valence-corrected chi connectivity index (χ3v) is 3.43. The van der Waals surface area contributed by atoms with Gasteiger partial charge in [0.2, 0.25) is 0 Å². The van der Waals surface area contributed by atoms with Crippen molar-refractivity contribution in [3.8, 4) is 0 Å². The number of benzene rings is 1. The van der Waals surface area contributed by atoms with E-state index in [-0.39, 0.29) is 11.2 Å². The highest BCUT2D eigenvalue weighted by molar-refractivity contribution is 6.20. The molecule has 0 aliphatic heterocycles. The van der Waals surface area contributed by atoms with Crippen LogP contribution in [0.4, 0.5) is 4.39 Å². The van der Waals surface area contributed by atoms with Crippen LogP contribution >= 0.6 is 11.6 Å². The molecule has 20 heavy (non-hydrogen) atoms. The highest BCUT2D eigenvalue weighted by Crippen LogP contribution is 2.25. The van der Waals surface area contributed by atoms with Crippen LogP contribution in [-0.4, -0.2) is 19.1 Å². The van der Waals surface area contributed by atoms with Crippen molar-refractivity contribution in [2.24, 2.45) is 0 Å². The zero-order chi connectivity index (χ0) is 14.1. The van der Waals surface area contributed by atoms with Crippen molar-refractivity contribution < 1.29 is 4.39 Å². The van der Waals surface area contributed by atoms with Crippen molar-refractivity contribution in [2.75, 3.05) is 0 Å². The van der Waals surface area contributed by atoms with Crippen LogP contribution in [0.3, 0.4) is 0 Å². The maximum absolute atomic E-state index is 13.5. The minimum absolute atomic E-state index is 0.228. The Balaban J connectivity index is 2.01. The molecule has 1 aromatic carbocycles. The fourth-order valence-electron chi connectivity index (χ4n) is 2.29. The fourth-order valence-corrected chi connectivity index (χ4v) is 2.45. The van der Waals surface area contributed by atoms with Crippen molar-refractivity contribution in [1.29, 1.82) is 0 Å². The van der Waals surface area contributed by atoms with Gasteiger partial charge in [-0.3, -0.25) is 0 Å². The van der Waals surface area contributed by atoms with E-state index in [0.717, 1.165) is 23.4 Å². The van der Waals surface area contributed by atoms with E-state index in [1.165, 1.54) is 12.1 Å². The lowest BCUT2D eigenvalue weighted by atomic mass is 10.3. The van der Waals surface area contributed by atoms with Crippen LogP contribution in [0.25, 0.3) is 11.0 Å². The zero-order valence-corrected chi connectivity index (χ0v) is 11.8. The van der Waals surface area contributed by atoms with Gasteiger partial charge < -0.3 is 9.13 Å².